The molecule has 1 unspecified atom stereocenters. The molecule has 0 amide bonds. The molecule has 5 nitrogen and oxygen atoms in total. The van der Waals surface area contributed by atoms with Crippen LogP contribution in [0.2, 0.25) is 0 Å². The van der Waals surface area contributed by atoms with E-state index in [9.17, 15) is 4.79 Å². The summed E-state index contributed by atoms with van der Waals surface area (Å²) in [7, 11) is 1.92. The third-order valence-corrected chi connectivity index (χ3v) is 3.18. The lowest BCUT2D eigenvalue weighted by molar-refractivity contribution is -0.138. The van der Waals surface area contributed by atoms with Crippen LogP contribution in [0.5, 0.6) is 0 Å². The first-order valence-corrected chi connectivity index (χ1v) is 5.61. The second-order valence-corrected chi connectivity index (χ2v) is 4.35. The quantitative estimate of drug-likeness (QED) is 0.769. The van der Waals surface area contributed by atoms with Gasteiger partial charge in [0, 0.05) is 19.2 Å². The van der Waals surface area contributed by atoms with E-state index in [2.05, 4.69) is 5.10 Å². The largest absolute Gasteiger partial charge is 0.480 e. The van der Waals surface area contributed by atoms with Crippen LogP contribution in [0.15, 0.2) is 0 Å². The highest BCUT2D eigenvalue weighted by Gasteiger charge is 2.22. The standard InChI is InChI=1S/C11H17N3O2/c1-14-10-5-3-2-4-7(10)9(13-14)6-8(12)11(15)16/h8H,2-6,12H2,1H3,(H,15,16). The summed E-state index contributed by atoms with van der Waals surface area (Å²) in [6.07, 6.45) is 4.73. The van der Waals surface area contributed by atoms with Gasteiger partial charge < -0.3 is 10.8 Å². The van der Waals surface area contributed by atoms with Crippen LogP contribution in [-0.4, -0.2) is 26.9 Å². The van der Waals surface area contributed by atoms with Crippen LogP contribution in [0.1, 0.15) is 29.8 Å². The topological polar surface area (TPSA) is 81.1 Å². The molecule has 88 valence electrons. The number of rotatable bonds is 3. The minimum absolute atomic E-state index is 0.332. The smallest absolute Gasteiger partial charge is 0.320 e. The number of carbonyl (C=O) groups is 1. The van der Waals surface area contributed by atoms with Gasteiger partial charge in [-0.1, -0.05) is 0 Å². The number of fused-ring (bicyclic) bond motifs is 1. The molecular formula is C11H17N3O2. The maximum absolute atomic E-state index is 10.7. The molecular weight excluding hydrogens is 206 g/mol. The number of carboxylic acids is 1. The fourth-order valence-electron chi connectivity index (χ4n) is 2.32. The zero-order valence-corrected chi connectivity index (χ0v) is 9.44. The molecule has 1 aromatic heterocycles. The van der Waals surface area contributed by atoms with Crippen molar-refractivity contribution in [2.45, 2.75) is 38.1 Å². The van der Waals surface area contributed by atoms with Gasteiger partial charge in [-0.25, -0.2) is 0 Å². The number of aliphatic carboxylic acids is 1. The van der Waals surface area contributed by atoms with Gasteiger partial charge in [0.25, 0.3) is 0 Å². The number of hydrogen-bond acceptors (Lipinski definition) is 3. The van der Waals surface area contributed by atoms with E-state index in [0.29, 0.717) is 6.42 Å². The van der Waals surface area contributed by atoms with Gasteiger partial charge in [-0.2, -0.15) is 5.10 Å². The van der Waals surface area contributed by atoms with E-state index < -0.39 is 12.0 Å². The minimum Gasteiger partial charge on any atom is -0.480 e. The molecule has 0 aromatic carbocycles. The van der Waals surface area contributed by atoms with Crippen LogP contribution in [-0.2, 0) is 31.1 Å². The van der Waals surface area contributed by atoms with Gasteiger partial charge >= 0.3 is 5.97 Å². The summed E-state index contributed by atoms with van der Waals surface area (Å²) < 4.78 is 1.87. The monoisotopic (exact) mass is 223 g/mol. The fourth-order valence-corrected chi connectivity index (χ4v) is 2.32. The van der Waals surface area contributed by atoms with E-state index in [1.54, 1.807) is 0 Å². The van der Waals surface area contributed by atoms with Crippen molar-refractivity contribution < 1.29 is 9.90 Å². The molecule has 0 fully saturated rings. The van der Waals surface area contributed by atoms with E-state index in [4.69, 9.17) is 10.8 Å². The number of aromatic nitrogens is 2. The number of nitrogens with zero attached hydrogens (tertiary/aromatic N) is 2. The fraction of sp³-hybridized carbons (Fsp3) is 0.636. The third kappa shape index (κ3) is 1.95. The summed E-state index contributed by atoms with van der Waals surface area (Å²) in [6.45, 7) is 0. The summed E-state index contributed by atoms with van der Waals surface area (Å²) in [4.78, 5) is 10.7. The SMILES string of the molecule is Cn1nc(CC(N)C(=O)O)c2c1CCCC2. The highest BCUT2D eigenvalue weighted by Crippen LogP contribution is 2.24. The van der Waals surface area contributed by atoms with Crippen LogP contribution < -0.4 is 5.73 Å². The van der Waals surface area contributed by atoms with Gasteiger partial charge in [0.2, 0.25) is 0 Å². The highest BCUT2D eigenvalue weighted by molar-refractivity contribution is 5.73. The summed E-state index contributed by atoms with van der Waals surface area (Å²) in [6, 6.07) is -0.846. The Bertz CT molecular complexity index is 412. The summed E-state index contributed by atoms with van der Waals surface area (Å²) in [5.41, 5.74) is 8.89. The molecule has 2 rings (SSSR count). The van der Waals surface area contributed by atoms with Crippen molar-refractivity contribution in [2.24, 2.45) is 12.8 Å². The molecule has 5 heteroatoms. The van der Waals surface area contributed by atoms with Gasteiger partial charge in [-0.05, 0) is 31.2 Å². The molecule has 0 radical (unpaired) electrons. The molecule has 0 saturated carbocycles. The molecule has 16 heavy (non-hydrogen) atoms. The first-order chi connectivity index (χ1) is 7.59. The van der Waals surface area contributed by atoms with Crippen LogP contribution in [0, 0.1) is 0 Å². The maximum atomic E-state index is 10.7. The van der Waals surface area contributed by atoms with Crippen molar-refractivity contribution in [3.63, 3.8) is 0 Å². The molecule has 0 aliphatic heterocycles. The van der Waals surface area contributed by atoms with Crippen molar-refractivity contribution in [3.05, 3.63) is 17.0 Å². The molecule has 1 aliphatic carbocycles. The predicted octanol–water partition coefficient (Wildman–Crippen LogP) is 0.253. The molecule has 1 aromatic rings. The maximum Gasteiger partial charge on any atom is 0.320 e. The average Bonchev–Trinajstić information content (AvgIpc) is 2.57. The second kappa shape index (κ2) is 4.25. The number of hydrogen-bond donors (Lipinski definition) is 2. The van der Waals surface area contributed by atoms with E-state index >= 15 is 0 Å². The molecule has 0 bridgehead atoms. The summed E-state index contributed by atoms with van der Waals surface area (Å²) >= 11 is 0. The van der Waals surface area contributed by atoms with Crippen LogP contribution >= 0.6 is 0 Å². The third-order valence-electron chi connectivity index (χ3n) is 3.18. The van der Waals surface area contributed by atoms with Gasteiger partial charge in [0.05, 0.1) is 5.69 Å². The lowest BCUT2D eigenvalue weighted by Crippen LogP contribution is -2.32. The molecule has 3 N–H and O–H groups in total. The van der Waals surface area contributed by atoms with Crippen LogP contribution in [0.25, 0.3) is 0 Å². The van der Waals surface area contributed by atoms with Crippen molar-refractivity contribution in [1.82, 2.24) is 9.78 Å². The Morgan fingerprint density at radius 1 is 1.56 bits per heavy atom. The van der Waals surface area contributed by atoms with Crippen LogP contribution in [0.4, 0.5) is 0 Å². The first kappa shape index (κ1) is 11.1. The van der Waals surface area contributed by atoms with Gasteiger partial charge in [0.1, 0.15) is 6.04 Å². The summed E-state index contributed by atoms with van der Waals surface area (Å²) in [5.74, 6) is -0.963. The number of nitrogens with two attached hydrogens (primary N) is 1. The Labute approximate surface area is 94.2 Å². The molecule has 0 saturated heterocycles. The van der Waals surface area contributed by atoms with Crippen molar-refractivity contribution in [2.75, 3.05) is 0 Å². The zero-order valence-electron chi connectivity index (χ0n) is 9.44. The lowest BCUT2D eigenvalue weighted by atomic mass is 9.94. The normalized spacial score (nSPS) is 16.9. The molecule has 1 aliphatic rings. The Morgan fingerprint density at radius 3 is 2.94 bits per heavy atom. The second-order valence-electron chi connectivity index (χ2n) is 4.35. The Hall–Kier alpha value is -1.36. The van der Waals surface area contributed by atoms with Crippen molar-refractivity contribution in [3.8, 4) is 0 Å². The zero-order chi connectivity index (χ0) is 11.7. The van der Waals surface area contributed by atoms with Gasteiger partial charge in [-0.3, -0.25) is 9.48 Å². The Balaban J connectivity index is 2.24. The molecule has 1 heterocycles. The molecule has 1 atom stereocenters. The highest BCUT2D eigenvalue weighted by atomic mass is 16.4. The number of aryl methyl sites for hydroxylation is 1. The van der Waals surface area contributed by atoms with E-state index in [1.807, 2.05) is 11.7 Å². The van der Waals surface area contributed by atoms with E-state index in [-0.39, 0.29) is 0 Å². The van der Waals surface area contributed by atoms with Crippen LogP contribution in [0.3, 0.4) is 0 Å². The first-order valence-electron chi connectivity index (χ1n) is 5.61. The average molecular weight is 223 g/mol. The van der Waals surface area contributed by atoms with E-state index in [0.717, 1.165) is 25.0 Å². The Morgan fingerprint density at radius 2 is 2.25 bits per heavy atom. The number of carboxylic acid groups (broad SMARTS) is 1. The predicted molar refractivity (Wildman–Crippen MR) is 59.2 cm³/mol. The van der Waals surface area contributed by atoms with E-state index in [1.165, 1.54) is 17.7 Å². The van der Waals surface area contributed by atoms with Crippen molar-refractivity contribution in [1.29, 1.82) is 0 Å². The van der Waals surface area contributed by atoms with Gasteiger partial charge in [0.15, 0.2) is 0 Å². The van der Waals surface area contributed by atoms with Crippen molar-refractivity contribution >= 4 is 5.97 Å². The molecule has 0 spiro atoms. The lowest BCUT2D eigenvalue weighted by Gasteiger charge is -2.13. The minimum atomic E-state index is -0.963. The summed E-state index contributed by atoms with van der Waals surface area (Å²) in [5, 5.41) is 13.2. The van der Waals surface area contributed by atoms with Gasteiger partial charge in [-0.15, -0.1) is 0 Å². The Kier molecular flexibility index (Phi) is 2.96.